The molecule has 1 N–H and O–H groups in total. The van der Waals surface area contributed by atoms with Gasteiger partial charge in [0.05, 0.1) is 22.6 Å². The van der Waals surface area contributed by atoms with E-state index in [9.17, 15) is 18.0 Å². The molecule has 9 heteroatoms. The predicted molar refractivity (Wildman–Crippen MR) is 109 cm³/mol. The highest BCUT2D eigenvalue weighted by atomic mass is 19.4. The average Bonchev–Trinajstić information content (AvgIpc) is 3.42. The molecule has 1 saturated heterocycles. The van der Waals surface area contributed by atoms with Crippen molar-refractivity contribution in [1.82, 2.24) is 19.7 Å². The number of fused-ring (bicyclic) bond motifs is 3. The lowest BCUT2D eigenvalue weighted by Gasteiger charge is -2.20. The Morgan fingerprint density at radius 1 is 1.10 bits per heavy atom. The van der Waals surface area contributed by atoms with Gasteiger partial charge in [-0.05, 0) is 36.6 Å². The van der Waals surface area contributed by atoms with Gasteiger partial charge in [-0.1, -0.05) is 12.1 Å². The Morgan fingerprint density at radius 3 is 2.67 bits per heavy atom. The zero-order valence-corrected chi connectivity index (χ0v) is 15.9. The summed E-state index contributed by atoms with van der Waals surface area (Å²) in [7, 11) is 0. The molecule has 5 rings (SSSR count). The number of anilines is 1. The first-order valence-electron chi connectivity index (χ1n) is 9.69. The zero-order valence-electron chi connectivity index (χ0n) is 15.9. The Hall–Kier alpha value is -3.36. The summed E-state index contributed by atoms with van der Waals surface area (Å²) >= 11 is 0. The van der Waals surface area contributed by atoms with Gasteiger partial charge in [-0.25, -0.2) is 4.98 Å². The molecular weight excluding hydrogens is 395 g/mol. The molecule has 1 aliphatic rings. The Morgan fingerprint density at radius 2 is 1.90 bits per heavy atom. The topological polar surface area (TPSA) is 66.8 Å². The number of aromatic amines is 1. The fourth-order valence-corrected chi connectivity index (χ4v) is 4.18. The molecule has 3 aromatic heterocycles. The fraction of sp³-hybridized carbons (Fsp3) is 0.286. The number of benzene rings is 1. The van der Waals surface area contributed by atoms with Crippen molar-refractivity contribution in [2.75, 3.05) is 18.0 Å². The Balaban J connectivity index is 1.76. The number of halogens is 3. The van der Waals surface area contributed by atoms with Crippen molar-refractivity contribution >= 4 is 27.6 Å². The molecule has 4 heterocycles. The van der Waals surface area contributed by atoms with Crippen molar-refractivity contribution in [3.8, 4) is 11.1 Å². The van der Waals surface area contributed by atoms with E-state index in [-0.39, 0.29) is 10.9 Å². The van der Waals surface area contributed by atoms with E-state index in [0.717, 1.165) is 41.9 Å². The van der Waals surface area contributed by atoms with Gasteiger partial charge in [0, 0.05) is 30.2 Å². The van der Waals surface area contributed by atoms with Crippen LogP contribution in [-0.4, -0.2) is 39.0 Å². The molecule has 0 amide bonds. The fourth-order valence-electron chi connectivity index (χ4n) is 4.18. The van der Waals surface area contributed by atoms with E-state index in [1.54, 1.807) is 24.4 Å². The Kier molecular flexibility index (Phi) is 4.27. The van der Waals surface area contributed by atoms with Crippen molar-refractivity contribution in [1.29, 1.82) is 0 Å². The van der Waals surface area contributed by atoms with Crippen LogP contribution < -0.4 is 10.5 Å². The number of H-pyrrole nitrogens is 1. The third kappa shape index (κ3) is 3.10. The summed E-state index contributed by atoms with van der Waals surface area (Å²) in [6, 6.07) is 8.93. The molecule has 0 unspecified atom stereocenters. The molecule has 0 saturated carbocycles. The third-order valence-electron chi connectivity index (χ3n) is 5.51. The van der Waals surface area contributed by atoms with Gasteiger partial charge in [0.1, 0.15) is 12.4 Å². The van der Waals surface area contributed by atoms with Crippen molar-refractivity contribution in [3.05, 3.63) is 53.1 Å². The predicted octanol–water partition coefficient (Wildman–Crippen LogP) is 4.10. The van der Waals surface area contributed by atoms with Crippen molar-refractivity contribution < 1.29 is 13.2 Å². The quantitative estimate of drug-likeness (QED) is 0.549. The molecule has 30 heavy (non-hydrogen) atoms. The summed E-state index contributed by atoms with van der Waals surface area (Å²) < 4.78 is 40.6. The molecule has 1 fully saturated rings. The standard InChI is InChI=1S/C21H18F3N5O/c22-21(23,24)12-29-17-10-13(5-6-15(17)18-16(20(29)30)11-26-27-18)14-4-3-7-25-19(14)28-8-1-2-9-28/h3-7,10-11H,1-2,8-9,12H2,(H,26,27). The lowest BCUT2D eigenvalue weighted by Crippen LogP contribution is -2.28. The molecule has 1 aromatic carbocycles. The van der Waals surface area contributed by atoms with Crippen LogP contribution in [0.2, 0.25) is 0 Å². The first kappa shape index (κ1) is 18.7. The SMILES string of the molecule is O=c1c2cn[nH]c2c2ccc(-c3cccnc3N3CCCC3)cc2n1CC(F)(F)F. The second-order valence-electron chi connectivity index (χ2n) is 7.47. The van der Waals surface area contributed by atoms with Crippen LogP contribution in [0, 0.1) is 0 Å². The van der Waals surface area contributed by atoms with Crippen LogP contribution in [0.3, 0.4) is 0 Å². The smallest absolute Gasteiger partial charge is 0.356 e. The van der Waals surface area contributed by atoms with Gasteiger partial charge in [0.25, 0.3) is 5.56 Å². The van der Waals surface area contributed by atoms with Crippen LogP contribution in [0.4, 0.5) is 19.0 Å². The van der Waals surface area contributed by atoms with E-state index < -0.39 is 18.3 Å². The monoisotopic (exact) mass is 413 g/mol. The number of alkyl halides is 3. The van der Waals surface area contributed by atoms with Crippen LogP contribution >= 0.6 is 0 Å². The normalized spacial score (nSPS) is 14.8. The zero-order chi connectivity index (χ0) is 20.9. The number of hydrogen-bond donors (Lipinski definition) is 1. The molecule has 4 aromatic rings. The largest absolute Gasteiger partial charge is 0.406 e. The van der Waals surface area contributed by atoms with E-state index in [4.69, 9.17) is 0 Å². The van der Waals surface area contributed by atoms with Crippen LogP contribution in [0.15, 0.2) is 47.5 Å². The number of pyridine rings is 2. The number of nitrogens with one attached hydrogen (secondary N) is 1. The first-order valence-corrected chi connectivity index (χ1v) is 9.69. The van der Waals surface area contributed by atoms with Gasteiger partial charge in [-0.3, -0.25) is 14.5 Å². The van der Waals surface area contributed by atoms with Gasteiger partial charge in [-0.2, -0.15) is 18.3 Å². The lowest BCUT2D eigenvalue weighted by atomic mass is 10.0. The molecule has 0 aliphatic carbocycles. The lowest BCUT2D eigenvalue weighted by molar-refractivity contribution is -0.140. The summed E-state index contributed by atoms with van der Waals surface area (Å²) in [5, 5.41) is 7.26. The molecule has 0 atom stereocenters. The van der Waals surface area contributed by atoms with E-state index >= 15 is 0 Å². The van der Waals surface area contributed by atoms with Crippen LogP contribution in [0.1, 0.15) is 12.8 Å². The van der Waals surface area contributed by atoms with Crippen molar-refractivity contribution in [3.63, 3.8) is 0 Å². The minimum atomic E-state index is -4.53. The molecule has 1 aliphatic heterocycles. The van der Waals surface area contributed by atoms with Crippen molar-refractivity contribution in [2.24, 2.45) is 0 Å². The highest BCUT2D eigenvalue weighted by Crippen LogP contribution is 2.34. The third-order valence-corrected chi connectivity index (χ3v) is 5.51. The summed E-state index contributed by atoms with van der Waals surface area (Å²) in [6.45, 7) is 0.426. The maximum absolute atomic E-state index is 13.3. The second-order valence-corrected chi connectivity index (χ2v) is 7.47. The number of rotatable bonds is 3. The van der Waals surface area contributed by atoms with Gasteiger partial charge >= 0.3 is 6.18 Å². The van der Waals surface area contributed by atoms with Crippen LogP contribution in [0.5, 0.6) is 0 Å². The summed E-state index contributed by atoms with van der Waals surface area (Å²) in [6.07, 6.45) is 0.614. The Labute approximate surface area is 169 Å². The molecule has 0 bridgehead atoms. The second kappa shape index (κ2) is 6.86. The van der Waals surface area contributed by atoms with Crippen LogP contribution in [0.25, 0.3) is 32.9 Å². The molecule has 154 valence electrons. The van der Waals surface area contributed by atoms with E-state index in [0.29, 0.717) is 16.5 Å². The number of aromatic nitrogens is 4. The first-order chi connectivity index (χ1) is 14.4. The van der Waals surface area contributed by atoms with E-state index in [1.165, 1.54) is 6.20 Å². The molecular formula is C21H18F3N5O. The van der Waals surface area contributed by atoms with Gasteiger partial charge < -0.3 is 4.90 Å². The van der Waals surface area contributed by atoms with Crippen molar-refractivity contribution in [2.45, 2.75) is 25.6 Å². The van der Waals surface area contributed by atoms with E-state index in [1.807, 2.05) is 12.1 Å². The number of hydrogen-bond acceptors (Lipinski definition) is 4. The average molecular weight is 413 g/mol. The number of nitrogens with zero attached hydrogens (tertiary/aromatic N) is 4. The highest BCUT2D eigenvalue weighted by molar-refractivity contribution is 6.04. The molecule has 6 nitrogen and oxygen atoms in total. The summed E-state index contributed by atoms with van der Waals surface area (Å²) in [5.41, 5.74) is 1.48. The molecule has 0 radical (unpaired) electrons. The van der Waals surface area contributed by atoms with Gasteiger partial charge in [0.15, 0.2) is 0 Å². The van der Waals surface area contributed by atoms with Gasteiger partial charge in [0.2, 0.25) is 0 Å². The van der Waals surface area contributed by atoms with E-state index in [2.05, 4.69) is 20.1 Å². The maximum Gasteiger partial charge on any atom is 0.406 e. The minimum absolute atomic E-state index is 0.138. The highest BCUT2D eigenvalue weighted by Gasteiger charge is 2.30. The van der Waals surface area contributed by atoms with Crippen LogP contribution in [-0.2, 0) is 6.54 Å². The maximum atomic E-state index is 13.3. The minimum Gasteiger partial charge on any atom is -0.356 e. The Bertz CT molecular complexity index is 1300. The molecule has 0 spiro atoms. The summed E-state index contributed by atoms with van der Waals surface area (Å²) in [5.74, 6) is 0.807. The summed E-state index contributed by atoms with van der Waals surface area (Å²) in [4.78, 5) is 19.5. The van der Waals surface area contributed by atoms with Gasteiger partial charge in [-0.15, -0.1) is 0 Å².